The Balaban J connectivity index is 1.70. The predicted octanol–water partition coefficient (Wildman–Crippen LogP) is 2.85. The fourth-order valence-electron chi connectivity index (χ4n) is 1.74. The van der Waals surface area contributed by atoms with Gasteiger partial charge in [0, 0.05) is 23.9 Å². The Bertz CT molecular complexity index is 393. The lowest BCUT2D eigenvalue weighted by molar-refractivity contribution is 0.0386. The Hall–Kier alpha value is -0.770. The van der Waals surface area contributed by atoms with Gasteiger partial charge in [-0.3, -0.25) is 0 Å². The molecule has 2 N–H and O–H groups in total. The van der Waals surface area contributed by atoms with Crippen molar-refractivity contribution >= 4 is 17.3 Å². The zero-order valence-electron chi connectivity index (χ0n) is 10.7. The van der Waals surface area contributed by atoms with E-state index in [9.17, 15) is 5.11 Å². The van der Waals surface area contributed by atoms with Crippen molar-refractivity contribution in [3.63, 3.8) is 0 Å². The maximum atomic E-state index is 9.78. The van der Waals surface area contributed by atoms with Gasteiger partial charge in [-0.05, 0) is 43.4 Å². The van der Waals surface area contributed by atoms with Crippen LogP contribution in [0.25, 0.3) is 0 Å². The third-order valence-corrected chi connectivity index (χ3v) is 3.57. The number of ether oxygens (including phenoxy) is 1. The first-order valence-electron chi connectivity index (χ1n) is 6.41. The first kappa shape index (κ1) is 13.7. The molecule has 1 saturated carbocycles. The molecule has 100 valence electrons. The third kappa shape index (κ3) is 4.16. The highest BCUT2D eigenvalue weighted by Gasteiger charge is 2.21. The van der Waals surface area contributed by atoms with E-state index < -0.39 is 6.10 Å². The molecule has 0 amide bonds. The van der Waals surface area contributed by atoms with Gasteiger partial charge in [-0.1, -0.05) is 17.7 Å². The summed E-state index contributed by atoms with van der Waals surface area (Å²) in [5.74, 6) is 0.736. The Morgan fingerprint density at radius 2 is 2.28 bits per heavy atom. The molecule has 0 radical (unpaired) electrons. The van der Waals surface area contributed by atoms with Gasteiger partial charge in [-0.25, -0.2) is 0 Å². The summed E-state index contributed by atoms with van der Waals surface area (Å²) in [7, 11) is 0. The number of halogens is 1. The molecule has 1 aromatic carbocycles. The van der Waals surface area contributed by atoms with Crippen LogP contribution in [0.4, 0.5) is 5.69 Å². The maximum absolute atomic E-state index is 9.78. The van der Waals surface area contributed by atoms with E-state index in [-0.39, 0.29) is 0 Å². The van der Waals surface area contributed by atoms with Crippen LogP contribution in [0.3, 0.4) is 0 Å². The molecular weight excluding hydrogens is 250 g/mol. The molecule has 2 rings (SSSR count). The standard InChI is InChI=1S/C14H20ClNO2/c1-10-13(15)3-2-4-14(10)16-7-12(17)9-18-8-11-5-6-11/h2-4,11-12,16-17H,5-9H2,1H3. The molecule has 0 aliphatic heterocycles. The fraction of sp³-hybridized carbons (Fsp3) is 0.571. The third-order valence-electron chi connectivity index (χ3n) is 3.16. The zero-order chi connectivity index (χ0) is 13.0. The molecule has 3 nitrogen and oxygen atoms in total. The molecule has 1 aliphatic rings. The average molecular weight is 270 g/mol. The van der Waals surface area contributed by atoms with E-state index in [0.717, 1.165) is 28.8 Å². The largest absolute Gasteiger partial charge is 0.389 e. The molecule has 1 aliphatic carbocycles. The van der Waals surface area contributed by atoms with Crippen molar-refractivity contribution in [1.29, 1.82) is 0 Å². The van der Waals surface area contributed by atoms with Crippen LogP contribution in [-0.4, -0.2) is 31.0 Å². The monoisotopic (exact) mass is 269 g/mol. The number of anilines is 1. The number of aliphatic hydroxyl groups is 1. The van der Waals surface area contributed by atoms with Crippen molar-refractivity contribution in [1.82, 2.24) is 0 Å². The number of hydrogen-bond donors (Lipinski definition) is 2. The molecule has 1 aromatic rings. The Morgan fingerprint density at radius 1 is 1.50 bits per heavy atom. The summed E-state index contributed by atoms with van der Waals surface area (Å²) >= 11 is 6.03. The topological polar surface area (TPSA) is 41.5 Å². The lowest BCUT2D eigenvalue weighted by Gasteiger charge is -2.15. The molecule has 1 fully saturated rings. The molecule has 18 heavy (non-hydrogen) atoms. The Morgan fingerprint density at radius 3 is 3.00 bits per heavy atom. The van der Waals surface area contributed by atoms with E-state index in [1.165, 1.54) is 12.8 Å². The summed E-state index contributed by atoms with van der Waals surface area (Å²) in [6, 6.07) is 5.71. The van der Waals surface area contributed by atoms with Gasteiger partial charge in [0.05, 0.1) is 12.7 Å². The smallest absolute Gasteiger partial charge is 0.0945 e. The molecule has 0 heterocycles. The molecule has 0 saturated heterocycles. The molecule has 0 spiro atoms. The first-order chi connectivity index (χ1) is 8.66. The summed E-state index contributed by atoms with van der Waals surface area (Å²) in [4.78, 5) is 0. The van der Waals surface area contributed by atoms with E-state index in [4.69, 9.17) is 16.3 Å². The van der Waals surface area contributed by atoms with Crippen LogP contribution in [0, 0.1) is 12.8 Å². The summed E-state index contributed by atoms with van der Waals surface area (Å²) in [5, 5.41) is 13.7. The van der Waals surface area contributed by atoms with E-state index in [2.05, 4.69) is 5.32 Å². The highest BCUT2D eigenvalue weighted by molar-refractivity contribution is 6.31. The van der Waals surface area contributed by atoms with Crippen LogP contribution in [0.2, 0.25) is 5.02 Å². The second kappa shape index (κ2) is 6.41. The number of hydrogen-bond acceptors (Lipinski definition) is 3. The highest BCUT2D eigenvalue weighted by atomic mass is 35.5. The minimum absolute atomic E-state index is 0.392. The SMILES string of the molecule is Cc1c(Cl)cccc1NCC(O)COCC1CC1. The van der Waals surface area contributed by atoms with Gasteiger partial charge in [0.25, 0.3) is 0 Å². The lowest BCUT2D eigenvalue weighted by Crippen LogP contribution is -2.25. The van der Waals surface area contributed by atoms with Crippen LogP contribution >= 0.6 is 11.6 Å². The van der Waals surface area contributed by atoms with Crippen molar-refractivity contribution in [3.05, 3.63) is 28.8 Å². The van der Waals surface area contributed by atoms with Crippen LogP contribution in [0.1, 0.15) is 18.4 Å². The van der Waals surface area contributed by atoms with Gasteiger partial charge >= 0.3 is 0 Å². The molecule has 0 bridgehead atoms. The van der Waals surface area contributed by atoms with Crippen molar-refractivity contribution in [3.8, 4) is 0 Å². The predicted molar refractivity (Wildman–Crippen MR) is 74.2 cm³/mol. The van der Waals surface area contributed by atoms with E-state index in [1.54, 1.807) is 0 Å². The molecule has 1 atom stereocenters. The van der Waals surface area contributed by atoms with Crippen LogP contribution < -0.4 is 5.32 Å². The van der Waals surface area contributed by atoms with E-state index in [1.807, 2.05) is 25.1 Å². The second-order valence-corrected chi connectivity index (χ2v) is 5.34. The Labute approximate surface area is 113 Å². The average Bonchev–Trinajstić information content (AvgIpc) is 3.15. The minimum Gasteiger partial charge on any atom is -0.389 e. The summed E-state index contributed by atoms with van der Waals surface area (Å²) in [6.45, 7) is 3.61. The van der Waals surface area contributed by atoms with Gasteiger partial charge in [-0.15, -0.1) is 0 Å². The molecule has 1 unspecified atom stereocenters. The molecule has 0 aromatic heterocycles. The quantitative estimate of drug-likeness (QED) is 0.800. The zero-order valence-corrected chi connectivity index (χ0v) is 11.4. The van der Waals surface area contributed by atoms with Crippen LogP contribution in [0.15, 0.2) is 18.2 Å². The van der Waals surface area contributed by atoms with Crippen LogP contribution in [-0.2, 0) is 4.74 Å². The van der Waals surface area contributed by atoms with Crippen molar-refractivity contribution in [2.75, 3.05) is 25.1 Å². The fourth-order valence-corrected chi connectivity index (χ4v) is 1.92. The van der Waals surface area contributed by atoms with Gasteiger partial charge in [-0.2, -0.15) is 0 Å². The van der Waals surface area contributed by atoms with Crippen LogP contribution in [0.5, 0.6) is 0 Å². The Kier molecular flexibility index (Phi) is 4.87. The number of benzene rings is 1. The van der Waals surface area contributed by atoms with Crippen molar-refractivity contribution < 1.29 is 9.84 Å². The highest BCUT2D eigenvalue weighted by Crippen LogP contribution is 2.28. The molecular formula is C14H20ClNO2. The second-order valence-electron chi connectivity index (χ2n) is 4.93. The lowest BCUT2D eigenvalue weighted by atomic mass is 10.2. The minimum atomic E-state index is -0.484. The summed E-state index contributed by atoms with van der Waals surface area (Å²) in [6.07, 6.45) is 2.06. The van der Waals surface area contributed by atoms with E-state index in [0.29, 0.717) is 13.2 Å². The summed E-state index contributed by atoms with van der Waals surface area (Å²) < 4.78 is 5.45. The van der Waals surface area contributed by atoms with Gasteiger partial charge in [0.2, 0.25) is 0 Å². The molecule has 4 heteroatoms. The van der Waals surface area contributed by atoms with Gasteiger partial charge in [0.15, 0.2) is 0 Å². The first-order valence-corrected chi connectivity index (χ1v) is 6.79. The van der Waals surface area contributed by atoms with Crippen molar-refractivity contribution in [2.45, 2.75) is 25.9 Å². The van der Waals surface area contributed by atoms with Crippen molar-refractivity contribution in [2.24, 2.45) is 5.92 Å². The number of aliphatic hydroxyl groups excluding tert-OH is 1. The van der Waals surface area contributed by atoms with E-state index >= 15 is 0 Å². The number of rotatable bonds is 7. The maximum Gasteiger partial charge on any atom is 0.0945 e. The normalized spacial score (nSPS) is 16.6. The number of nitrogens with one attached hydrogen (secondary N) is 1. The summed E-state index contributed by atoms with van der Waals surface area (Å²) in [5.41, 5.74) is 1.97. The van der Waals surface area contributed by atoms with Gasteiger partial charge in [0.1, 0.15) is 0 Å². The van der Waals surface area contributed by atoms with Gasteiger partial charge < -0.3 is 15.2 Å².